The molecular weight excluding hydrogens is 188 g/mol. The number of aliphatic hydroxyl groups is 2. The van der Waals surface area contributed by atoms with Gasteiger partial charge in [0.15, 0.2) is 0 Å². The van der Waals surface area contributed by atoms with E-state index in [1.807, 2.05) is 30.3 Å². The van der Waals surface area contributed by atoms with Crippen molar-refractivity contribution in [3.05, 3.63) is 35.9 Å². The first-order chi connectivity index (χ1) is 7.33. The summed E-state index contributed by atoms with van der Waals surface area (Å²) in [6.45, 7) is 0.140. The molecule has 84 valence electrons. The highest BCUT2D eigenvalue weighted by Gasteiger charge is 2.07. The molecule has 2 rings (SSSR count). The van der Waals surface area contributed by atoms with Crippen molar-refractivity contribution < 1.29 is 10.2 Å². The van der Waals surface area contributed by atoms with E-state index in [2.05, 4.69) is 0 Å². The van der Waals surface area contributed by atoms with E-state index < -0.39 is 0 Å². The first-order valence-corrected chi connectivity index (χ1v) is 5.66. The topological polar surface area (TPSA) is 40.5 Å². The molecule has 1 aromatic carbocycles. The maximum absolute atomic E-state index is 8.91. The zero-order valence-electron chi connectivity index (χ0n) is 9.10. The fourth-order valence-electron chi connectivity index (χ4n) is 1.66. The lowest BCUT2D eigenvalue weighted by Crippen LogP contribution is -2.09. The summed E-state index contributed by atoms with van der Waals surface area (Å²) in [5.41, 5.74) is 0.965. The van der Waals surface area contributed by atoms with E-state index in [1.165, 1.54) is 19.3 Å². The van der Waals surface area contributed by atoms with Crippen molar-refractivity contribution in [1.29, 1.82) is 0 Å². The van der Waals surface area contributed by atoms with Crippen molar-refractivity contribution in [2.45, 2.75) is 44.8 Å². The molecule has 1 saturated carbocycles. The molecule has 2 heteroatoms. The van der Waals surface area contributed by atoms with Crippen LogP contribution in [0.3, 0.4) is 0 Å². The number of hydrogen-bond donors (Lipinski definition) is 2. The summed E-state index contributed by atoms with van der Waals surface area (Å²) in [6.07, 6.45) is 5.92. The molecule has 0 radical (unpaired) electrons. The molecule has 2 nitrogen and oxygen atoms in total. The van der Waals surface area contributed by atoms with Crippen molar-refractivity contribution >= 4 is 0 Å². The molecule has 0 spiro atoms. The van der Waals surface area contributed by atoms with Crippen LogP contribution in [-0.4, -0.2) is 16.3 Å². The second-order valence-electron chi connectivity index (χ2n) is 3.94. The van der Waals surface area contributed by atoms with Crippen LogP contribution in [0.5, 0.6) is 0 Å². The van der Waals surface area contributed by atoms with Crippen LogP contribution in [0.4, 0.5) is 0 Å². The lowest BCUT2D eigenvalue weighted by molar-refractivity contribution is 0.130. The highest BCUT2D eigenvalue weighted by molar-refractivity contribution is 5.12. The summed E-state index contributed by atoms with van der Waals surface area (Å²) in [5, 5.41) is 17.4. The lowest BCUT2D eigenvalue weighted by Gasteiger charge is -2.14. The van der Waals surface area contributed by atoms with Gasteiger partial charge in [-0.3, -0.25) is 0 Å². The van der Waals surface area contributed by atoms with Crippen LogP contribution in [-0.2, 0) is 6.61 Å². The fourth-order valence-corrected chi connectivity index (χ4v) is 1.66. The van der Waals surface area contributed by atoms with Crippen LogP contribution < -0.4 is 0 Å². The minimum Gasteiger partial charge on any atom is -0.393 e. The van der Waals surface area contributed by atoms with Gasteiger partial charge in [0, 0.05) is 0 Å². The Hall–Kier alpha value is -0.860. The largest absolute Gasteiger partial charge is 0.393 e. The molecule has 0 aliphatic heterocycles. The smallest absolute Gasteiger partial charge is 0.0681 e. The van der Waals surface area contributed by atoms with Crippen LogP contribution in [0.2, 0.25) is 0 Å². The zero-order chi connectivity index (χ0) is 10.9. The lowest BCUT2D eigenvalue weighted by atomic mass is 9.98. The van der Waals surface area contributed by atoms with Crippen LogP contribution in [0, 0.1) is 0 Å². The summed E-state index contributed by atoms with van der Waals surface area (Å²) in [7, 11) is 0. The minimum atomic E-state index is 0.0359. The van der Waals surface area contributed by atoms with Crippen LogP contribution >= 0.6 is 0 Å². The number of aliphatic hydroxyl groups excluding tert-OH is 2. The first-order valence-electron chi connectivity index (χ1n) is 5.66. The van der Waals surface area contributed by atoms with Gasteiger partial charge < -0.3 is 10.2 Å². The molecule has 1 aliphatic carbocycles. The number of hydrogen-bond acceptors (Lipinski definition) is 2. The zero-order valence-corrected chi connectivity index (χ0v) is 9.10. The van der Waals surface area contributed by atoms with Crippen molar-refractivity contribution in [2.75, 3.05) is 0 Å². The van der Waals surface area contributed by atoms with Gasteiger partial charge in [-0.2, -0.15) is 0 Å². The van der Waals surface area contributed by atoms with Crippen molar-refractivity contribution in [3.63, 3.8) is 0 Å². The molecule has 15 heavy (non-hydrogen) atoms. The molecule has 0 amide bonds. The van der Waals surface area contributed by atoms with E-state index in [1.54, 1.807) is 0 Å². The summed E-state index contributed by atoms with van der Waals surface area (Å²) < 4.78 is 0. The van der Waals surface area contributed by atoms with Gasteiger partial charge in [-0.25, -0.2) is 0 Å². The average Bonchev–Trinajstić information content (AvgIpc) is 2.32. The van der Waals surface area contributed by atoms with Gasteiger partial charge in [-0.15, -0.1) is 0 Å². The third kappa shape index (κ3) is 5.55. The maximum atomic E-state index is 8.91. The molecule has 0 heterocycles. The average molecular weight is 208 g/mol. The van der Waals surface area contributed by atoms with Crippen LogP contribution in [0.1, 0.15) is 37.7 Å². The Bertz CT molecular complexity index is 240. The van der Waals surface area contributed by atoms with Gasteiger partial charge >= 0.3 is 0 Å². The van der Waals surface area contributed by atoms with E-state index >= 15 is 0 Å². The summed E-state index contributed by atoms with van der Waals surface area (Å²) in [5.74, 6) is 0. The van der Waals surface area contributed by atoms with Gasteiger partial charge in [-0.1, -0.05) is 49.6 Å². The molecule has 0 unspecified atom stereocenters. The van der Waals surface area contributed by atoms with E-state index in [9.17, 15) is 0 Å². The van der Waals surface area contributed by atoms with Crippen molar-refractivity contribution in [3.8, 4) is 0 Å². The highest BCUT2D eigenvalue weighted by atomic mass is 16.3. The Labute approximate surface area is 91.6 Å². The van der Waals surface area contributed by atoms with Gasteiger partial charge in [-0.05, 0) is 18.4 Å². The Morgan fingerprint density at radius 3 is 1.93 bits per heavy atom. The molecule has 0 saturated heterocycles. The monoisotopic (exact) mass is 208 g/mol. The Balaban J connectivity index is 0.000000151. The van der Waals surface area contributed by atoms with E-state index in [0.29, 0.717) is 0 Å². The van der Waals surface area contributed by atoms with Crippen LogP contribution in [0.15, 0.2) is 30.3 Å². The third-order valence-corrected chi connectivity index (χ3v) is 2.60. The molecule has 1 aliphatic rings. The molecule has 0 atom stereocenters. The first kappa shape index (κ1) is 12.2. The predicted octanol–water partition coefficient (Wildman–Crippen LogP) is 2.49. The quantitative estimate of drug-likeness (QED) is 0.744. The van der Waals surface area contributed by atoms with Gasteiger partial charge in [0.1, 0.15) is 0 Å². The summed E-state index contributed by atoms with van der Waals surface area (Å²) in [6, 6.07) is 9.52. The third-order valence-electron chi connectivity index (χ3n) is 2.60. The van der Waals surface area contributed by atoms with Crippen molar-refractivity contribution in [1.82, 2.24) is 0 Å². The second kappa shape index (κ2) is 7.43. The standard InChI is InChI=1S/C7H8O.C6H12O/c8-6-7-4-2-1-3-5-7;7-6-4-2-1-3-5-6/h1-5,8H,6H2;6-7H,1-5H2. The molecule has 1 fully saturated rings. The SMILES string of the molecule is OC1CCCCC1.OCc1ccccc1. The van der Waals surface area contributed by atoms with E-state index in [-0.39, 0.29) is 12.7 Å². The molecule has 0 aromatic heterocycles. The van der Waals surface area contributed by atoms with Gasteiger partial charge in [0.05, 0.1) is 12.7 Å². The van der Waals surface area contributed by atoms with Crippen LogP contribution in [0.25, 0.3) is 0 Å². The number of rotatable bonds is 1. The summed E-state index contributed by atoms with van der Waals surface area (Å²) >= 11 is 0. The fraction of sp³-hybridized carbons (Fsp3) is 0.538. The maximum Gasteiger partial charge on any atom is 0.0681 e. The molecular formula is C13H20O2. The van der Waals surface area contributed by atoms with Gasteiger partial charge in [0.2, 0.25) is 0 Å². The van der Waals surface area contributed by atoms with Crippen molar-refractivity contribution in [2.24, 2.45) is 0 Å². The normalized spacial score (nSPS) is 16.7. The Morgan fingerprint density at radius 1 is 1.00 bits per heavy atom. The van der Waals surface area contributed by atoms with E-state index in [0.717, 1.165) is 18.4 Å². The summed E-state index contributed by atoms with van der Waals surface area (Å²) in [4.78, 5) is 0. The van der Waals surface area contributed by atoms with Gasteiger partial charge in [0.25, 0.3) is 0 Å². The highest BCUT2D eigenvalue weighted by Crippen LogP contribution is 2.16. The minimum absolute atomic E-state index is 0.0359. The molecule has 1 aromatic rings. The predicted molar refractivity (Wildman–Crippen MR) is 61.5 cm³/mol. The second-order valence-corrected chi connectivity index (χ2v) is 3.94. The van der Waals surface area contributed by atoms with E-state index in [4.69, 9.17) is 10.2 Å². The Kier molecular flexibility index (Phi) is 6.05. The molecule has 2 N–H and O–H groups in total. The Morgan fingerprint density at radius 2 is 1.60 bits per heavy atom. The molecule has 0 bridgehead atoms. The number of benzene rings is 1.